The summed E-state index contributed by atoms with van der Waals surface area (Å²) in [6.07, 6.45) is 5.38. The molecule has 27 heavy (non-hydrogen) atoms. The van der Waals surface area contributed by atoms with E-state index < -0.39 is 0 Å². The number of aliphatic imine (C=N–C) groups is 1. The average Bonchev–Trinajstić information content (AvgIpc) is 3.17. The first kappa shape index (κ1) is 21.3. The van der Waals surface area contributed by atoms with E-state index in [-0.39, 0.29) is 12.2 Å². The van der Waals surface area contributed by atoms with Crippen LogP contribution in [-0.2, 0) is 9.47 Å². The minimum atomic E-state index is 0.164. The fourth-order valence-electron chi connectivity index (χ4n) is 2.68. The first-order chi connectivity index (χ1) is 13.2. The third-order valence-corrected chi connectivity index (χ3v) is 3.95. The Morgan fingerprint density at radius 2 is 2.19 bits per heavy atom. The van der Waals surface area contributed by atoms with Crippen LogP contribution in [0.1, 0.15) is 33.1 Å². The van der Waals surface area contributed by atoms with Crippen LogP contribution in [0.2, 0.25) is 0 Å². The maximum atomic E-state index is 5.68. The van der Waals surface area contributed by atoms with Crippen LogP contribution in [0.25, 0.3) is 0 Å². The zero-order chi connectivity index (χ0) is 19.3. The number of hydrogen-bond acceptors (Lipinski definition) is 4. The van der Waals surface area contributed by atoms with E-state index in [1.54, 1.807) is 0 Å². The Kier molecular flexibility index (Phi) is 9.73. The van der Waals surface area contributed by atoms with Crippen LogP contribution in [0, 0.1) is 0 Å². The molecule has 0 bridgehead atoms. The molecule has 0 aromatic heterocycles. The Balaban J connectivity index is 1.75. The number of rotatable bonds is 11. The molecule has 1 saturated heterocycles. The molecule has 150 valence electrons. The van der Waals surface area contributed by atoms with E-state index in [9.17, 15) is 0 Å². The van der Waals surface area contributed by atoms with Crippen molar-refractivity contribution in [2.24, 2.45) is 4.99 Å². The minimum Gasteiger partial charge on any atom is -0.491 e. The van der Waals surface area contributed by atoms with Gasteiger partial charge in [-0.15, -0.1) is 6.58 Å². The van der Waals surface area contributed by atoms with Gasteiger partial charge in [0.15, 0.2) is 5.96 Å². The molecular formula is C21H33N3O3. The van der Waals surface area contributed by atoms with E-state index in [2.05, 4.69) is 22.2 Å². The Morgan fingerprint density at radius 3 is 2.85 bits per heavy atom. The van der Waals surface area contributed by atoms with E-state index in [0.717, 1.165) is 43.3 Å². The van der Waals surface area contributed by atoms with Crippen molar-refractivity contribution in [2.45, 2.75) is 45.3 Å². The van der Waals surface area contributed by atoms with Gasteiger partial charge in [-0.25, -0.2) is 0 Å². The smallest absolute Gasteiger partial charge is 0.196 e. The second kappa shape index (κ2) is 12.4. The second-order valence-corrected chi connectivity index (χ2v) is 6.78. The normalized spacial score (nSPS) is 17.1. The zero-order valence-electron chi connectivity index (χ0n) is 16.6. The Morgan fingerprint density at radius 1 is 1.37 bits per heavy atom. The van der Waals surface area contributed by atoms with Gasteiger partial charge in [0, 0.05) is 32.0 Å². The molecule has 1 aromatic rings. The van der Waals surface area contributed by atoms with E-state index in [0.29, 0.717) is 26.3 Å². The van der Waals surface area contributed by atoms with Crippen molar-refractivity contribution in [3.05, 3.63) is 36.9 Å². The fourth-order valence-corrected chi connectivity index (χ4v) is 2.68. The summed E-state index contributed by atoms with van der Waals surface area (Å²) in [5, 5.41) is 6.53. The quantitative estimate of drug-likeness (QED) is 0.268. The molecule has 0 spiro atoms. The summed E-state index contributed by atoms with van der Waals surface area (Å²) in [4.78, 5) is 4.60. The lowest BCUT2D eigenvalue weighted by molar-refractivity contribution is 0.0171. The molecule has 1 heterocycles. The Labute approximate surface area is 163 Å². The van der Waals surface area contributed by atoms with Crippen molar-refractivity contribution < 1.29 is 14.2 Å². The molecule has 1 unspecified atom stereocenters. The summed E-state index contributed by atoms with van der Waals surface area (Å²) in [5.74, 6) is 1.59. The Hall–Kier alpha value is -2.05. The predicted molar refractivity (Wildman–Crippen MR) is 111 cm³/mol. The van der Waals surface area contributed by atoms with Gasteiger partial charge in [0.25, 0.3) is 0 Å². The highest BCUT2D eigenvalue weighted by Crippen LogP contribution is 2.17. The van der Waals surface area contributed by atoms with Crippen molar-refractivity contribution >= 4 is 11.6 Å². The van der Waals surface area contributed by atoms with Gasteiger partial charge >= 0.3 is 0 Å². The van der Waals surface area contributed by atoms with Crippen molar-refractivity contribution in [1.29, 1.82) is 0 Å². The molecule has 1 aliphatic heterocycles. The number of anilines is 1. The third-order valence-electron chi connectivity index (χ3n) is 3.95. The Bertz CT molecular complexity index is 567. The lowest BCUT2D eigenvalue weighted by Gasteiger charge is -2.13. The van der Waals surface area contributed by atoms with Crippen LogP contribution >= 0.6 is 0 Å². The van der Waals surface area contributed by atoms with Gasteiger partial charge in [-0.1, -0.05) is 6.08 Å². The number of ether oxygens (including phenoxy) is 3. The zero-order valence-corrected chi connectivity index (χ0v) is 16.6. The summed E-state index contributed by atoms with van der Waals surface area (Å²) in [7, 11) is 0. The van der Waals surface area contributed by atoms with Crippen LogP contribution in [0.3, 0.4) is 0 Å². The molecule has 0 amide bonds. The summed E-state index contributed by atoms with van der Waals surface area (Å²) in [6.45, 7) is 11.4. The van der Waals surface area contributed by atoms with Gasteiger partial charge < -0.3 is 24.8 Å². The SMILES string of the molecule is C=CCNC(=NCCCOCC1CCCO1)Nc1ccc(OC(C)C)cc1. The number of nitrogens with one attached hydrogen (secondary N) is 2. The molecule has 1 aromatic carbocycles. The van der Waals surface area contributed by atoms with E-state index in [1.807, 2.05) is 44.2 Å². The average molecular weight is 376 g/mol. The summed E-state index contributed by atoms with van der Waals surface area (Å²) < 4.78 is 16.9. The molecule has 6 nitrogen and oxygen atoms in total. The molecule has 0 aliphatic carbocycles. The predicted octanol–water partition coefficient (Wildman–Crippen LogP) is 3.60. The van der Waals surface area contributed by atoms with Gasteiger partial charge in [-0.05, 0) is 57.4 Å². The van der Waals surface area contributed by atoms with Crippen molar-refractivity contribution in [3.8, 4) is 5.75 Å². The molecule has 0 radical (unpaired) electrons. The third kappa shape index (κ3) is 8.93. The van der Waals surface area contributed by atoms with Gasteiger partial charge in [0.05, 0.1) is 18.8 Å². The highest BCUT2D eigenvalue weighted by molar-refractivity contribution is 5.93. The van der Waals surface area contributed by atoms with Crippen LogP contribution in [-0.4, -0.2) is 51.1 Å². The topological polar surface area (TPSA) is 64.1 Å². The fraction of sp³-hybridized carbons (Fsp3) is 0.571. The van der Waals surface area contributed by atoms with Crippen LogP contribution in [0.15, 0.2) is 41.9 Å². The molecule has 2 rings (SSSR count). The molecule has 1 atom stereocenters. The minimum absolute atomic E-state index is 0.164. The van der Waals surface area contributed by atoms with Crippen molar-refractivity contribution in [1.82, 2.24) is 5.32 Å². The standard InChI is InChI=1S/C21H33N3O3/c1-4-12-22-21(23-13-6-14-25-16-20-7-5-15-26-20)24-18-8-10-19(11-9-18)27-17(2)3/h4,8-11,17,20H,1,5-7,12-16H2,2-3H3,(H2,22,23,24). The largest absolute Gasteiger partial charge is 0.491 e. The maximum Gasteiger partial charge on any atom is 0.196 e. The van der Waals surface area contributed by atoms with E-state index in [4.69, 9.17) is 14.2 Å². The van der Waals surface area contributed by atoms with Crippen molar-refractivity contribution in [2.75, 3.05) is 38.2 Å². The van der Waals surface area contributed by atoms with Gasteiger partial charge in [0.1, 0.15) is 5.75 Å². The number of nitrogens with zero attached hydrogens (tertiary/aromatic N) is 1. The van der Waals surface area contributed by atoms with Gasteiger partial charge in [-0.3, -0.25) is 4.99 Å². The molecule has 0 saturated carbocycles. The molecule has 1 fully saturated rings. The summed E-state index contributed by atoms with van der Waals surface area (Å²) in [5.41, 5.74) is 0.955. The van der Waals surface area contributed by atoms with Gasteiger partial charge in [0.2, 0.25) is 0 Å². The lowest BCUT2D eigenvalue weighted by atomic mass is 10.2. The van der Waals surface area contributed by atoms with E-state index in [1.165, 1.54) is 0 Å². The number of benzene rings is 1. The summed E-state index contributed by atoms with van der Waals surface area (Å²) in [6, 6.07) is 7.86. The number of guanidine groups is 1. The lowest BCUT2D eigenvalue weighted by Crippen LogP contribution is -2.31. The van der Waals surface area contributed by atoms with Crippen LogP contribution in [0.4, 0.5) is 5.69 Å². The number of hydrogen-bond donors (Lipinski definition) is 2. The molecule has 1 aliphatic rings. The summed E-state index contributed by atoms with van der Waals surface area (Å²) >= 11 is 0. The second-order valence-electron chi connectivity index (χ2n) is 6.78. The monoisotopic (exact) mass is 375 g/mol. The molecule has 2 N–H and O–H groups in total. The van der Waals surface area contributed by atoms with Crippen molar-refractivity contribution in [3.63, 3.8) is 0 Å². The molecular weight excluding hydrogens is 342 g/mol. The highest BCUT2D eigenvalue weighted by atomic mass is 16.5. The first-order valence-corrected chi connectivity index (χ1v) is 9.79. The van der Waals surface area contributed by atoms with Gasteiger partial charge in [-0.2, -0.15) is 0 Å². The van der Waals surface area contributed by atoms with E-state index >= 15 is 0 Å². The molecule has 6 heteroatoms. The van der Waals surface area contributed by atoms with Crippen LogP contribution < -0.4 is 15.4 Å². The highest BCUT2D eigenvalue weighted by Gasteiger charge is 2.14. The maximum absolute atomic E-state index is 5.68. The first-order valence-electron chi connectivity index (χ1n) is 9.79. The van der Waals surface area contributed by atoms with Crippen LogP contribution in [0.5, 0.6) is 5.75 Å².